The average Bonchev–Trinajstić information content (AvgIpc) is 3.17. The summed E-state index contributed by atoms with van der Waals surface area (Å²) in [6.07, 6.45) is 3.13. The van der Waals surface area contributed by atoms with Crippen LogP contribution in [0, 0.1) is 5.92 Å². The van der Waals surface area contributed by atoms with Gasteiger partial charge in [0.1, 0.15) is 0 Å². The Morgan fingerprint density at radius 3 is 2.68 bits per heavy atom. The summed E-state index contributed by atoms with van der Waals surface area (Å²) in [7, 11) is 0. The van der Waals surface area contributed by atoms with Crippen LogP contribution in [0.3, 0.4) is 0 Å². The van der Waals surface area contributed by atoms with Crippen LogP contribution in [-0.2, 0) is 0 Å². The first kappa shape index (κ1) is 15.0. The molecule has 0 heterocycles. The molecule has 106 valence electrons. The van der Waals surface area contributed by atoms with Gasteiger partial charge >= 0.3 is 0 Å². The summed E-state index contributed by atoms with van der Waals surface area (Å²) in [5.41, 5.74) is 1.01. The lowest BCUT2D eigenvalue weighted by Gasteiger charge is -2.25. The fourth-order valence-electron chi connectivity index (χ4n) is 2.50. The Bertz CT molecular complexity index is 403. The standard InChI is InChI=1S/C16H24BrNO/c1-12(2)11-18(15-6-7-15)9-8-16(19)13-4-3-5-14(17)10-13/h3-5,10,12,15-16,19H,6-9,11H2,1-2H3. The summed E-state index contributed by atoms with van der Waals surface area (Å²) in [5, 5.41) is 10.3. The van der Waals surface area contributed by atoms with Crippen LogP contribution >= 0.6 is 15.9 Å². The molecule has 19 heavy (non-hydrogen) atoms. The van der Waals surface area contributed by atoms with Gasteiger partial charge in [-0.25, -0.2) is 0 Å². The van der Waals surface area contributed by atoms with Crippen molar-refractivity contribution in [3.8, 4) is 0 Å². The van der Waals surface area contributed by atoms with E-state index in [1.807, 2.05) is 24.3 Å². The van der Waals surface area contributed by atoms with Crippen molar-refractivity contribution in [3.63, 3.8) is 0 Å². The molecular formula is C16H24BrNO. The fourth-order valence-corrected chi connectivity index (χ4v) is 2.92. The molecular weight excluding hydrogens is 302 g/mol. The summed E-state index contributed by atoms with van der Waals surface area (Å²) < 4.78 is 1.03. The highest BCUT2D eigenvalue weighted by Crippen LogP contribution is 2.29. The molecule has 1 fully saturated rings. The second kappa shape index (κ2) is 6.87. The number of nitrogens with zero attached hydrogens (tertiary/aromatic N) is 1. The maximum atomic E-state index is 10.3. The van der Waals surface area contributed by atoms with Gasteiger partial charge in [0.05, 0.1) is 6.10 Å². The maximum Gasteiger partial charge on any atom is 0.0802 e. The first-order chi connectivity index (χ1) is 9.06. The minimum absolute atomic E-state index is 0.356. The topological polar surface area (TPSA) is 23.5 Å². The second-order valence-corrected chi connectivity index (χ2v) is 6.90. The van der Waals surface area contributed by atoms with Gasteiger partial charge in [-0.2, -0.15) is 0 Å². The van der Waals surface area contributed by atoms with E-state index in [1.165, 1.54) is 12.8 Å². The van der Waals surface area contributed by atoms with Crippen molar-refractivity contribution < 1.29 is 5.11 Å². The Labute approximate surface area is 124 Å². The molecule has 1 aliphatic carbocycles. The van der Waals surface area contributed by atoms with Gasteiger partial charge in [-0.05, 0) is 42.9 Å². The van der Waals surface area contributed by atoms with E-state index in [4.69, 9.17) is 0 Å². The van der Waals surface area contributed by atoms with Gasteiger partial charge in [-0.3, -0.25) is 0 Å². The molecule has 1 aromatic carbocycles. The van der Waals surface area contributed by atoms with Crippen LogP contribution in [0.5, 0.6) is 0 Å². The lowest BCUT2D eigenvalue weighted by Crippen LogP contribution is -2.31. The van der Waals surface area contributed by atoms with Crippen molar-refractivity contribution >= 4 is 15.9 Å². The highest BCUT2D eigenvalue weighted by molar-refractivity contribution is 9.10. The highest BCUT2D eigenvalue weighted by atomic mass is 79.9. The van der Waals surface area contributed by atoms with Gasteiger partial charge in [-0.15, -0.1) is 0 Å². The molecule has 1 saturated carbocycles. The van der Waals surface area contributed by atoms with Gasteiger partial charge in [0.2, 0.25) is 0 Å². The molecule has 1 unspecified atom stereocenters. The van der Waals surface area contributed by atoms with E-state index in [9.17, 15) is 5.11 Å². The first-order valence-corrected chi connectivity index (χ1v) is 8.03. The van der Waals surface area contributed by atoms with Gasteiger partial charge in [-0.1, -0.05) is 41.9 Å². The van der Waals surface area contributed by atoms with Crippen molar-refractivity contribution in [2.24, 2.45) is 5.92 Å². The van der Waals surface area contributed by atoms with E-state index < -0.39 is 0 Å². The molecule has 1 N–H and O–H groups in total. The summed E-state index contributed by atoms with van der Waals surface area (Å²) >= 11 is 3.45. The molecule has 1 aromatic rings. The predicted molar refractivity (Wildman–Crippen MR) is 83.2 cm³/mol. The molecule has 0 aliphatic heterocycles. The van der Waals surface area contributed by atoms with Crippen molar-refractivity contribution in [1.82, 2.24) is 4.90 Å². The molecule has 1 aliphatic rings. The zero-order valence-electron chi connectivity index (χ0n) is 11.8. The number of halogens is 1. The first-order valence-electron chi connectivity index (χ1n) is 7.24. The molecule has 1 atom stereocenters. The predicted octanol–water partition coefficient (Wildman–Crippen LogP) is 3.99. The molecule has 0 amide bonds. The Kier molecular flexibility index (Phi) is 5.43. The van der Waals surface area contributed by atoms with Crippen molar-refractivity contribution in [1.29, 1.82) is 0 Å². The number of hydrogen-bond acceptors (Lipinski definition) is 2. The van der Waals surface area contributed by atoms with E-state index >= 15 is 0 Å². The van der Waals surface area contributed by atoms with E-state index in [0.717, 1.165) is 35.6 Å². The SMILES string of the molecule is CC(C)CN(CCC(O)c1cccc(Br)c1)C1CC1. The zero-order chi connectivity index (χ0) is 13.8. The van der Waals surface area contributed by atoms with Crippen LogP contribution < -0.4 is 0 Å². The van der Waals surface area contributed by atoms with E-state index in [1.54, 1.807) is 0 Å². The third-order valence-electron chi connectivity index (χ3n) is 3.59. The van der Waals surface area contributed by atoms with Crippen LogP contribution in [0.4, 0.5) is 0 Å². The molecule has 0 radical (unpaired) electrons. The third kappa shape index (κ3) is 4.90. The van der Waals surface area contributed by atoms with Crippen molar-refractivity contribution in [3.05, 3.63) is 34.3 Å². The minimum atomic E-state index is -0.356. The smallest absolute Gasteiger partial charge is 0.0802 e. The van der Waals surface area contributed by atoms with Gasteiger partial charge in [0.15, 0.2) is 0 Å². The number of hydrogen-bond donors (Lipinski definition) is 1. The third-order valence-corrected chi connectivity index (χ3v) is 4.08. The molecule has 2 rings (SSSR count). The molecule has 2 nitrogen and oxygen atoms in total. The lowest BCUT2D eigenvalue weighted by atomic mass is 10.1. The zero-order valence-corrected chi connectivity index (χ0v) is 13.4. The van der Waals surface area contributed by atoms with Gasteiger partial charge < -0.3 is 10.0 Å². The summed E-state index contributed by atoms with van der Waals surface area (Å²) in [5.74, 6) is 0.698. The quantitative estimate of drug-likeness (QED) is 0.819. The molecule has 3 heteroatoms. The van der Waals surface area contributed by atoms with E-state index in [-0.39, 0.29) is 6.10 Å². The summed E-state index contributed by atoms with van der Waals surface area (Å²) in [4.78, 5) is 2.55. The fraction of sp³-hybridized carbons (Fsp3) is 0.625. The van der Waals surface area contributed by atoms with Crippen molar-refractivity contribution in [2.45, 2.75) is 45.3 Å². The Balaban J connectivity index is 1.86. The molecule has 0 aromatic heterocycles. The number of aliphatic hydroxyl groups excluding tert-OH is 1. The Hall–Kier alpha value is -0.380. The Morgan fingerprint density at radius 2 is 2.11 bits per heavy atom. The molecule has 0 saturated heterocycles. The van der Waals surface area contributed by atoms with Crippen LogP contribution in [0.15, 0.2) is 28.7 Å². The van der Waals surface area contributed by atoms with E-state index in [2.05, 4.69) is 34.7 Å². The minimum Gasteiger partial charge on any atom is -0.388 e. The van der Waals surface area contributed by atoms with E-state index in [0.29, 0.717) is 5.92 Å². The molecule has 0 spiro atoms. The number of aliphatic hydroxyl groups is 1. The summed E-state index contributed by atoms with van der Waals surface area (Å²) in [6.45, 7) is 6.67. The largest absolute Gasteiger partial charge is 0.388 e. The monoisotopic (exact) mass is 325 g/mol. The highest BCUT2D eigenvalue weighted by Gasteiger charge is 2.29. The van der Waals surface area contributed by atoms with Crippen molar-refractivity contribution in [2.75, 3.05) is 13.1 Å². The number of rotatable bonds is 7. The maximum absolute atomic E-state index is 10.3. The van der Waals surface area contributed by atoms with Crippen LogP contribution in [0.2, 0.25) is 0 Å². The normalized spacial score (nSPS) is 17.2. The van der Waals surface area contributed by atoms with Crippen LogP contribution in [-0.4, -0.2) is 29.1 Å². The van der Waals surface area contributed by atoms with Crippen LogP contribution in [0.1, 0.15) is 44.8 Å². The number of benzene rings is 1. The molecule has 0 bridgehead atoms. The lowest BCUT2D eigenvalue weighted by molar-refractivity contribution is 0.134. The van der Waals surface area contributed by atoms with Crippen LogP contribution in [0.25, 0.3) is 0 Å². The van der Waals surface area contributed by atoms with Gasteiger partial charge in [0, 0.05) is 23.6 Å². The second-order valence-electron chi connectivity index (χ2n) is 5.98. The summed E-state index contributed by atoms with van der Waals surface area (Å²) in [6, 6.07) is 8.76. The average molecular weight is 326 g/mol. The Morgan fingerprint density at radius 1 is 1.37 bits per heavy atom. The van der Waals surface area contributed by atoms with Gasteiger partial charge in [0.25, 0.3) is 0 Å².